The lowest BCUT2D eigenvalue weighted by molar-refractivity contribution is 0.183. The molecule has 0 radical (unpaired) electrons. The molecule has 0 amide bonds. The summed E-state index contributed by atoms with van der Waals surface area (Å²) in [6.07, 6.45) is 4.60. The van der Waals surface area contributed by atoms with E-state index in [0.717, 1.165) is 17.3 Å². The van der Waals surface area contributed by atoms with Crippen LogP contribution >= 0.6 is 15.9 Å². The number of halogens is 1. The predicted molar refractivity (Wildman–Crippen MR) is 69.2 cm³/mol. The number of benzene rings is 1. The highest BCUT2D eigenvalue weighted by Gasteiger charge is 2.09. The maximum absolute atomic E-state index is 10.6. The van der Waals surface area contributed by atoms with E-state index in [1.807, 2.05) is 0 Å². The van der Waals surface area contributed by atoms with Crippen LogP contribution in [-0.2, 0) is 11.0 Å². The van der Waals surface area contributed by atoms with Gasteiger partial charge < -0.3 is 5.11 Å². The maximum Gasteiger partial charge on any atom is 0.122 e. The third kappa shape index (κ3) is 5.21. The minimum absolute atomic E-state index is 0.0463. The van der Waals surface area contributed by atoms with E-state index in [9.17, 15) is 4.21 Å². The topological polar surface area (TPSA) is 63.3 Å². The van der Waals surface area contributed by atoms with Gasteiger partial charge in [0.15, 0.2) is 0 Å². The first kappa shape index (κ1) is 13.8. The summed E-state index contributed by atoms with van der Waals surface area (Å²) in [7, 11) is -1.36. The van der Waals surface area contributed by atoms with E-state index in [1.54, 1.807) is 24.3 Å². The summed E-state index contributed by atoms with van der Waals surface area (Å²) in [5, 5.41) is 13.8. The van der Waals surface area contributed by atoms with Crippen LogP contribution in [-0.4, -0.2) is 15.4 Å². The number of hydrogen-bond acceptors (Lipinski definition) is 2. The van der Waals surface area contributed by atoms with Crippen LogP contribution in [0.1, 0.15) is 25.7 Å². The molecule has 3 N–H and O–H groups in total. The number of rotatable bonds is 1. The van der Waals surface area contributed by atoms with Gasteiger partial charge in [-0.15, -0.1) is 0 Å². The van der Waals surface area contributed by atoms with Crippen LogP contribution in [0.5, 0.6) is 0 Å². The zero-order chi connectivity index (χ0) is 12.0. The molecule has 1 aromatic carbocycles. The maximum atomic E-state index is 10.6. The molecule has 0 aromatic heterocycles. The SMILES string of the molecule is NS(=O)c1ccc(Br)cc1.OC1CCCC1. The Balaban J connectivity index is 0.000000181. The summed E-state index contributed by atoms with van der Waals surface area (Å²) in [6, 6.07) is 7.06. The third-order valence-corrected chi connectivity index (χ3v) is 3.64. The molecule has 0 aliphatic heterocycles. The molecule has 0 bridgehead atoms. The quantitative estimate of drug-likeness (QED) is 0.836. The van der Waals surface area contributed by atoms with Gasteiger partial charge in [-0.3, -0.25) is 0 Å². The summed E-state index contributed by atoms with van der Waals surface area (Å²) >= 11 is 3.25. The second-order valence-corrected chi connectivity index (χ2v) is 5.67. The lowest BCUT2D eigenvalue weighted by atomic mass is 10.3. The molecule has 1 aliphatic rings. The number of nitrogens with two attached hydrogens (primary N) is 1. The van der Waals surface area contributed by atoms with Gasteiger partial charge in [-0.2, -0.15) is 0 Å². The molecular weight excluding hydrogens is 290 g/mol. The monoisotopic (exact) mass is 305 g/mol. The van der Waals surface area contributed by atoms with E-state index >= 15 is 0 Å². The number of aliphatic hydroxyl groups excluding tert-OH is 1. The Hall–Kier alpha value is -0.230. The highest BCUT2D eigenvalue weighted by molar-refractivity contribution is 9.10. The Morgan fingerprint density at radius 3 is 2.06 bits per heavy atom. The molecule has 1 unspecified atom stereocenters. The molecule has 0 spiro atoms. The molecule has 2 rings (SSSR count). The second-order valence-electron chi connectivity index (χ2n) is 3.69. The summed E-state index contributed by atoms with van der Waals surface area (Å²) in [5.41, 5.74) is 0. The van der Waals surface area contributed by atoms with Crippen LogP contribution in [0.2, 0.25) is 0 Å². The molecular formula is C11H16BrNO2S. The summed E-state index contributed by atoms with van der Waals surface area (Å²) in [5.74, 6) is 0. The molecule has 3 nitrogen and oxygen atoms in total. The van der Waals surface area contributed by atoms with E-state index in [1.165, 1.54) is 12.8 Å². The van der Waals surface area contributed by atoms with Crippen molar-refractivity contribution in [1.29, 1.82) is 0 Å². The zero-order valence-electron chi connectivity index (χ0n) is 8.93. The highest BCUT2D eigenvalue weighted by atomic mass is 79.9. The molecule has 90 valence electrons. The van der Waals surface area contributed by atoms with Crippen molar-refractivity contribution in [3.63, 3.8) is 0 Å². The van der Waals surface area contributed by atoms with Gasteiger partial charge in [0, 0.05) is 4.47 Å². The predicted octanol–water partition coefficient (Wildman–Crippen LogP) is 2.35. The van der Waals surface area contributed by atoms with Gasteiger partial charge in [-0.05, 0) is 37.1 Å². The molecule has 0 heterocycles. The first-order chi connectivity index (χ1) is 7.59. The standard InChI is InChI=1S/C6H6BrNOS.C5H10O/c7-5-1-3-6(4-2-5)10(8)9;6-5-3-1-2-4-5/h1-4H,8H2;5-6H,1-4H2. The molecule has 1 atom stereocenters. The largest absolute Gasteiger partial charge is 0.393 e. The van der Waals surface area contributed by atoms with Crippen LogP contribution in [0.15, 0.2) is 33.6 Å². The van der Waals surface area contributed by atoms with Crippen LogP contribution in [0.3, 0.4) is 0 Å². The van der Waals surface area contributed by atoms with Crippen LogP contribution in [0.25, 0.3) is 0 Å². The van der Waals surface area contributed by atoms with Crippen molar-refractivity contribution >= 4 is 26.9 Å². The molecule has 1 saturated carbocycles. The normalized spacial score (nSPS) is 17.7. The van der Waals surface area contributed by atoms with Gasteiger partial charge >= 0.3 is 0 Å². The summed E-state index contributed by atoms with van der Waals surface area (Å²) < 4.78 is 11.6. The molecule has 5 heteroatoms. The van der Waals surface area contributed by atoms with Gasteiger partial charge in [0.1, 0.15) is 11.0 Å². The van der Waals surface area contributed by atoms with E-state index in [2.05, 4.69) is 15.9 Å². The number of aliphatic hydroxyl groups is 1. The van der Waals surface area contributed by atoms with Crippen LogP contribution in [0.4, 0.5) is 0 Å². The van der Waals surface area contributed by atoms with Gasteiger partial charge in [-0.25, -0.2) is 9.35 Å². The third-order valence-electron chi connectivity index (χ3n) is 2.37. The Labute approximate surface area is 107 Å². The van der Waals surface area contributed by atoms with E-state index < -0.39 is 11.0 Å². The smallest absolute Gasteiger partial charge is 0.122 e. The first-order valence-electron chi connectivity index (χ1n) is 5.19. The Kier molecular flexibility index (Phi) is 6.20. The molecule has 1 aromatic rings. The molecule has 1 fully saturated rings. The van der Waals surface area contributed by atoms with E-state index in [-0.39, 0.29) is 6.10 Å². The van der Waals surface area contributed by atoms with Crippen LogP contribution < -0.4 is 5.14 Å². The minimum Gasteiger partial charge on any atom is -0.393 e. The van der Waals surface area contributed by atoms with E-state index in [4.69, 9.17) is 10.2 Å². The molecule has 16 heavy (non-hydrogen) atoms. The Bertz CT molecular complexity index is 336. The Morgan fingerprint density at radius 2 is 1.75 bits per heavy atom. The fraction of sp³-hybridized carbons (Fsp3) is 0.455. The lowest BCUT2D eigenvalue weighted by Crippen LogP contribution is -2.01. The van der Waals surface area contributed by atoms with Crippen molar-refractivity contribution in [3.8, 4) is 0 Å². The van der Waals surface area contributed by atoms with Crippen molar-refractivity contribution in [2.45, 2.75) is 36.7 Å². The average molecular weight is 306 g/mol. The van der Waals surface area contributed by atoms with Crippen molar-refractivity contribution in [1.82, 2.24) is 0 Å². The summed E-state index contributed by atoms with van der Waals surface area (Å²) in [6.45, 7) is 0. The van der Waals surface area contributed by atoms with Crippen molar-refractivity contribution in [2.24, 2.45) is 5.14 Å². The lowest BCUT2D eigenvalue weighted by Gasteiger charge is -1.93. The minimum atomic E-state index is -1.36. The van der Waals surface area contributed by atoms with Crippen molar-refractivity contribution in [2.75, 3.05) is 0 Å². The fourth-order valence-electron chi connectivity index (χ4n) is 1.47. The first-order valence-corrected chi connectivity index (χ1v) is 7.20. The number of hydrogen-bond donors (Lipinski definition) is 2. The second kappa shape index (κ2) is 7.17. The molecule has 1 aliphatic carbocycles. The highest BCUT2D eigenvalue weighted by Crippen LogP contribution is 2.16. The van der Waals surface area contributed by atoms with Crippen molar-refractivity contribution in [3.05, 3.63) is 28.7 Å². The zero-order valence-corrected chi connectivity index (χ0v) is 11.3. The molecule has 0 saturated heterocycles. The van der Waals surface area contributed by atoms with E-state index in [0.29, 0.717) is 4.90 Å². The van der Waals surface area contributed by atoms with Gasteiger partial charge in [-0.1, -0.05) is 28.8 Å². The van der Waals surface area contributed by atoms with Gasteiger partial charge in [0.2, 0.25) is 0 Å². The van der Waals surface area contributed by atoms with Gasteiger partial charge in [0.25, 0.3) is 0 Å². The summed E-state index contributed by atoms with van der Waals surface area (Å²) in [4.78, 5) is 0.642. The Morgan fingerprint density at radius 1 is 1.25 bits per heavy atom. The van der Waals surface area contributed by atoms with Crippen molar-refractivity contribution < 1.29 is 9.32 Å². The fourth-order valence-corrected chi connectivity index (χ4v) is 2.14. The van der Waals surface area contributed by atoms with Crippen LogP contribution in [0, 0.1) is 0 Å². The van der Waals surface area contributed by atoms with Gasteiger partial charge in [0.05, 0.1) is 11.0 Å². The average Bonchev–Trinajstić information content (AvgIpc) is 2.71.